The van der Waals surface area contributed by atoms with Crippen molar-refractivity contribution >= 4 is 33.4 Å². The SMILES string of the molecule is COc1cc2c(-c3ccc4cc(Cl)ccc4n3)cn(C)c2cc1OC. The van der Waals surface area contributed by atoms with E-state index in [-0.39, 0.29) is 0 Å². The third-order valence-electron chi connectivity index (χ3n) is 4.42. The van der Waals surface area contributed by atoms with E-state index in [9.17, 15) is 0 Å². The lowest BCUT2D eigenvalue weighted by atomic mass is 10.1. The first kappa shape index (κ1) is 15.8. The second kappa shape index (κ2) is 5.97. The second-order valence-electron chi connectivity index (χ2n) is 5.91. The van der Waals surface area contributed by atoms with Gasteiger partial charge in [0.05, 0.1) is 30.9 Å². The lowest BCUT2D eigenvalue weighted by Gasteiger charge is -2.09. The van der Waals surface area contributed by atoms with Gasteiger partial charge in [0.2, 0.25) is 0 Å². The number of halogens is 1. The molecule has 0 bridgehead atoms. The van der Waals surface area contributed by atoms with Gasteiger partial charge in [0.25, 0.3) is 0 Å². The van der Waals surface area contributed by atoms with Crippen LogP contribution in [0.5, 0.6) is 11.5 Å². The van der Waals surface area contributed by atoms with Crippen molar-refractivity contribution in [3.05, 3.63) is 53.7 Å². The largest absolute Gasteiger partial charge is 0.493 e. The minimum atomic E-state index is 0.704. The van der Waals surface area contributed by atoms with E-state index in [4.69, 9.17) is 26.1 Å². The molecule has 0 aliphatic heterocycles. The van der Waals surface area contributed by atoms with Gasteiger partial charge in [-0.3, -0.25) is 0 Å². The maximum absolute atomic E-state index is 6.06. The van der Waals surface area contributed by atoms with Crippen molar-refractivity contribution in [2.24, 2.45) is 7.05 Å². The Morgan fingerprint density at radius 2 is 1.72 bits per heavy atom. The number of hydrogen-bond donors (Lipinski definition) is 0. The highest BCUT2D eigenvalue weighted by Crippen LogP contribution is 2.38. The van der Waals surface area contributed by atoms with Crippen LogP contribution in [0, 0.1) is 0 Å². The molecule has 0 unspecified atom stereocenters. The highest BCUT2D eigenvalue weighted by Gasteiger charge is 2.15. The van der Waals surface area contributed by atoms with Crippen molar-refractivity contribution in [3.63, 3.8) is 0 Å². The first-order valence-corrected chi connectivity index (χ1v) is 8.26. The summed E-state index contributed by atoms with van der Waals surface area (Å²) in [7, 11) is 5.30. The number of methoxy groups -OCH3 is 2. The van der Waals surface area contributed by atoms with Crippen LogP contribution in [-0.2, 0) is 7.05 Å². The predicted octanol–water partition coefficient (Wildman–Crippen LogP) is 5.06. The van der Waals surface area contributed by atoms with Gasteiger partial charge in [0.15, 0.2) is 11.5 Å². The van der Waals surface area contributed by atoms with Crippen LogP contribution in [0.3, 0.4) is 0 Å². The number of benzene rings is 2. The van der Waals surface area contributed by atoms with Gasteiger partial charge in [-0.2, -0.15) is 0 Å². The van der Waals surface area contributed by atoms with Crippen LogP contribution in [0.15, 0.2) is 48.7 Å². The number of aromatic nitrogens is 2. The zero-order valence-corrected chi connectivity index (χ0v) is 15.0. The molecule has 25 heavy (non-hydrogen) atoms. The van der Waals surface area contributed by atoms with Crippen molar-refractivity contribution in [3.8, 4) is 22.8 Å². The number of pyridine rings is 1. The number of rotatable bonds is 3. The normalized spacial score (nSPS) is 11.2. The van der Waals surface area contributed by atoms with Crippen LogP contribution >= 0.6 is 11.6 Å². The molecule has 0 spiro atoms. The number of aryl methyl sites for hydroxylation is 1. The summed E-state index contributed by atoms with van der Waals surface area (Å²) in [5.74, 6) is 1.42. The number of hydrogen-bond acceptors (Lipinski definition) is 3. The van der Waals surface area contributed by atoms with E-state index in [1.54, 1.807) is 14.2 Å². The number of nitrogens with zero attached hydrogens (tertiary/aromatic N) is 2. The van der Waals surface area contributed by atoms with Crippen LogP contribution in [0.25, 0.3) is 33.1 Å². The molecule has 0 N–H and O–H groups in total. The van der Waals surface area contributed by atoms with Crippen LogP contribution in [0.4, 0.5) is 0 Å². The highest BCUT2D eigenvalue weighted by atomic mass is 35.5. The first-order chi connectivity index (χ1) is 12.1. The maximum atomic E-state index is 6.06. The monoisotopic (exact) mass is 352 g/mol. The van der Waals surface area contributed by atoms with Gasteiger partial charge in [-0.25, -0.2) is 4.98 Å². The molecule has 2 aromatic carbocycles. The Morgan fingerprint density at radius 1 is 0.960 bits per heavy atom. The van der Waals surface area contributed by atoms with E-state index in [1.165, 1.54) is 0 Å². The zero-order chi connectivity index (χ0) is 17.6. The summed E-state index contributed by atoms with van der Waals surface area (Å²) in [5, 5.41) is 2.81. The molecule has 2 aromatic heterocycles. The summed E-state index contributed by atoms with van der Waals surface area (Å²) in [6, 6.07) is 13.8. The van der Waals surface area contributed by atoms with Crippen LogP contribution in [0.1, 0.15) is 0 Å². The molecule has 4 aromatic rings. The van der Waals surface area contributed by atoms with E-state index >= 15 is 0 Å². The molecule has 0 radical (unpaired) electrons. The Morgan fingerprint density at radius 3 is 2.48 bits per heavy atom. The Labute approximate surface area is 150 Å². The fourth-order valence-electron chi connectivity index (χ4n) is 3.16. The smallest absolute Gasteiger partial charge is 0.162 e. The summed E-state index contributed by atoms with van der Waals surface area (Å²) in [5.41, 5.74) is 3.94. The lowest BCUT2D eigenvalue weighted by Crippen LogP contribution is -1.91. The zero-order valence-electron chi connectivity index (χ0n) is 14.2. The van der Waals surface area contributed by atoms with Crippen molar-refractivity contribution in [1.82, 2.24) is 9.55 Å². The number of ether oxygens (including phenoxy) is 2. The van der Waals surface area contributed by atoms with Gasteiger partial charge >= 0.3 is 0 Å². The van der Waals surface area contributed by atoms with Crippen LogP contribution in [0.2, 0.25) is 5.02 Å². The van der Waals surface area contributed by atoms with Gasteiger partial charge in [0, 0.05) is 40.7 Å². The van der Waals surface area contributed by atoms with Crippen molar-refractivity contribution < 1.29 is 9.47 Å². The van der Waals surface area contributed by atoms with E-state index < -0.39 is 0 Å². The van der Waals surface area contributed by atoms with E-state index in [0.717, 1.165) is 33.1 Å². The van der Waals surface area contributed by atoms with Crippen molar-refractivity contribution in [2.75, 3.05) is 14.2 Å². The fourth-order valence-corrected chi connectivity index (χ4v) is 3.34. The topological polar surface area (TPSA) is 36.3 Å². The third kappa shape index (κ3) is 2.59. The molecule has 4 nitrogen and oxygen atoms in total. The predicted molar refractivity (Wildman–Crippen MR) is 102 cm³/mol. The standard InChI is InChI=1S/C20H17ClN2O2/c1-23-11-15(14-9-19(24-2)20(25-3)10-18(14)23)17-6-4-12-8-13(21)5-7-16(12)22-17/h4-11H,1-3H3. The van der Waals surface area contributed by atoms with E-state index in [1.807, 2.05) is 49.5 Å². The lowest BCUT2D eigenvalue weighted by molar-refractivity contribution is 0.355. The minimum absolute atomic E-state index is 0.704. The molecule has 0 amide bonds. The molecule has 0 fully saturated rings. The summed E-state index contributed by atoms with van der Waals surface area (Å²) in [6.07, 6.45) is 2.08. The van der Waals surface area contributed by atoms with Gasteiger partial charge < -0.3 is 14.0 Å². The fraction of sp³-hybridized carbons (Fsp3) is 0.150. The molecule has 2 heterocycles. The number of fused-ring (bicyclic) bond motifs is 2. The van der Waals surface area contributed by atoms with Gasteiger partial charge in [-0.1, -0.05) is 17.7 Å². The summed E-state index contributed by atoms with van der Waals surface area (Å²) in [6.45, 7) is 0. The molecule has 0 aliphatic rings. The molecular weight excluding hydrogens is 336 g/mol. The molecule has 0 saturated heterocycles. The van der Waals surface area contributed by atoms with E-state index in [0.29, 0.717) is 16.5 Å². The van der Waals surface area contributed by atoms with Gasteiger partial charge in [-0.15, -0.1) is 0 Å². The first-order valence-electron chi connectivity index (χ1n) is 7.88. The van der Waals surface area contributed by atoms with Crippen LogP contribution in [-0.4, -0.2) is 23.8 Å². The average Bonchev–Trinajstić information content (AvgIpc) is 2.96. The summed E-state index contributed by atoms with van der Waals surface area (Å²) < 4.78 is 12.9. The van der Waals surface area contributed by atoms with Crippen molar-refractivity contribution in [1.29, 1.82) is 0 Å². The molecule has 4 rings (SSSR count). The average molecular weight is 353 g/mol. The highest BCUT2D eigenvalue weighted by molar-refractivity contribution is 6.31. The Kier molecular flexibility index (Phi) is 3.77. The maximum Gasteiger partial charge on any atom is 0.162 e. The molecule has 126 valence electrons. The molecule has 5 heteroatoms. The summed E-state index contributed by atoms with van der Waals surface area (Å²) in [4.78, 5) is 4.80. The minimum Gasteiger partial charge on any atom is -0.493 e. The van der Waals surface area contributed by atoms with Crippen LogP contribution < -0.4 is 9.47 Å². The molecular formula is C20H17ClN2O2. The second-order valence-corrected chi connectivity index (χ2v) is 6.35. The van der Waals surface area contributed by atoms with Gasteiger partial charge in [0.1, 0.15) is 0 Å². The molecule has 0 aliphatic carbocycles. The van der Waals surface area contributed by atoms with Crippen molar-refractivity contribution in [2.45, 2.75) is 0 Å². The Balaban J connectivity index is 1.96. The summed E-state index contributed by atoms with van der Waals surface area (Å²) >= 11 is 6.06. The molecule has 0 saturated carbocycles. The molecule has 0 atom stereocenters. The Bertz CT molecular complexity index is 1100. The van der Waals surface area contributed by atoms with Gasteiger partial charge in [-0.05, 0) is 30.3 Å². The third-order valence-corrected chi connectivity index (χ3v) is 4.66. The quantitative estimate of drug-likeness (QED) is 0.517. The Hall–Kier alpha value is -2.72. The van der Waals surface area contributed by atoms with E-state index in [2.05, 4.69) is 10.8 Å².